The molecule has 3 aliphatic rings. The third-order valence-electron chi connectivity index (χ3n) is 7.78. The quantitative estimate of drug-likeness (QED) is 0.311. The third-order valence-corrected chi connectivity index (χ3v) is 7.78. The second-order valence-electron chi connectivity index (χ2n) is 10.0. The SMILES string of the molecule is CCNC(=NCC1(N2CCCCC2)CCN(C)CC1)NC1CCN(c2ccccc2)CC1.I. The van der Waals surface area contributed by atoms with Crippen LogP contribution >= 0.6 is 24.0 Å². The first-order valence-electron chi connectivity index (χ1n) is 13.0. The van der Waals surface area contributed by atoms with Gasteiger partial charge in [0, 0.05) is 36.9 Å². The van der Waals surface area contributed by atoms with E-state index in [2.05, 4.69) is 69.6 Å². The van der Waals surface area contributed by atoms with Gasteiger partial charge in [-0.05, 0) is 90.8 Å². The first-order chi connectivity index (χ1) is 15.7. The number of anilines is 1. The van der Waals surface area contributed by atoms with Crippen molar-refractivity contribution in [3.05, 3.63) is 30.3 Å². The second kappa shape index (κ2) is 13.1. The third kappa shape index (κ3) is 7.21. The maximum absolute atomic E-state index is 5.20. The van der Waals surface area contributed by atoms with E-state index in [1.807, 2.05) is 0 Å². The van der Waals surface area contributed by atoms with Crippen molar-refractivity contribution in [2.45, 2.75) is 63.5 Å². The number of nitrogens with one attached hydrogen (secondary N) is 2. The molecular formula is C26H45IN6. The van der Waals surface area contributed by atoms with Gasteiger partial charge in [-0.2, -0.15) is 0 Å². The standard InChI is InChI=1S/C26H44N6.HI/c1-3-27-25(29-23-12-18-31(19-13-23)24-10-6-4-7-11-24)28-22-26(14-20-30(2)21-15-26)32-16-8-5-9-17-32;/h4,6-7,10-11,23H,3,5,8-9,12-22H2,1-2H3,(H2,27,28,29);1H. The molecule has 4 rings (SSSR count). The summed E-state index contributed by atoms with van der Waals surface area (Å²) in [6, 6.07) is 11.3. The number of hydrogen-bond acceptors (Lipinski definition) is 4. The Morgan fingerprint density at radius 3 is 2.27 bits per heavy atom. The molecule has 2 N–H and O–H groups in total. The van der Waals surface area contributed by atoms with Crippen LogP contribution in [0.1, 0.15) is 51.9 Å². The Labute approximate surface area is 218 Å². The van der Waals surface area contributed by atoms with Gasteiger partial charge in [0.2, 0.25) is 0 Å². The number of guanidine groups is 1. The minimum absolute atomic E-state index is 0. The van der Waals surface area contributed by atoms with Crippen molar-refractivity contribution in [1.82, 2.24) is 20.4 Å². The lowest BCUT2D eigenvalue weighted by Crippen LogP contribution is -2.58. The summed E-state index contributed by atoms with van der Waals surface area (Å²) in [5.74, 6) is 1.01. The van der Waals surface area contributed by atoms with Gasteiger partial charge in [-0.25, -0.2) is 0 Å². The molecule has 7 heteroatoms. The molecule has 3 saturated heterocycles. The minimum atomic E-state index is 0. The summed E-state index contributed by atoms with van der Waals surface area (Å²) < 4.78 is 0. The number of para-hydroxylation sites is 1. The van der Waals surface area contributed by atoms with Gasteiger partial charge in [-0.1, -0.05) is 24.6 Å². The number of halogens is 1. The minimum Gasteiger partial charge on any atom is -0.371 e. The van der Waals surface area contributed by atoms with Crippen molar-refractivity contribution in [3.63, 3.8) is 0 Å². The number of likely N-dealkylation sites (tertiary alicyclic amines) is 2. The average molecular weight is 569 g/mol. The Morgan fingerprint density at radius 1 is 0.970 bits per heavy atom. The molecule has 0 radical (unpaired) electrons. The smallest absolute Gasteiger partial charge is 0.191 e. The molecule has 6 nitrogen and oxygen atoms in total. The van der Waals surface area contributed by atoms with Gasteiger partial charge in [-0.3, -0.25) is 9.89 Å². The van der Waals surface area contributed by atoms with Gasteiger partial charge in [0.15, 0.2) is 5.96 Å². The van der Waals surface area contributed by atoms with Crippen molar-refractivity contribution in [1.29, 1.82) is 0 Å². The summed E-state index contributed by atoms with van der Waals surface area (Å²) >= 11 is 0. The molecule has 0 saturated carbocycles. The molecule has 3 aliphatic heterocycles. The topological polar surface area (TPSA) is 46.1 Å². The highest BCUT2D eigenvalue weighted by molar-refractivity contribution is 14.0. The highest BCUT2D eigenvalue weighted by Gasteiger charge is 2.39. The average Bonchev–Trinajstić information content (AvgIpc) is 2.85. The normalized spacial score (nSPS) is 23.1. The zero-order valence-corrected chi connectivity index (χ0v) is 23.1. The number of nitrogens with zero attached hydrogens (tertiary/aromatic N) is 4. The van der Waals surface area contributed by atoms with Crippen molar-refractivity contribution in [2.75, 3.05) is 64.3 Å². The highest BCUT2D eigenvalue weighted by atomic mass is 127. The van der Waals surface area contributed by atoms with Crippen LogP contribution in [0, 0.1) is 0 Å². The van der Waals surface area contributed by atoms with Gasteiger partial charge >= 0.3 is 0 Å². The lowest BCUT2D eigenvalue weighted by Gasteiger charge is -2.49. The predicted molar refractivity (Wildman–Crippen MR) is 151 cm³/mol. The van der Waals surface area contributed by atoms with Crippen LogP contribution in [0.25, 0.3) is 0 Å². The van der Waals surface area contributed by atoms with Gasteiger partial charge < -0.3 is 20.4 Å². The summed E-state index contributed by atoms with van der Waals surface area (Å²) in [4.78, 5) is 13.0. The van der Waals surface area contributed by atoms with E-state index < -0.39 is 0 Å². The largest absolute Gasteiger partial charge is 0.371 e. The van der Waals surface area contributed by atoms with Crippen LogP contribution in [0.15, 0.2) is 35.3 Å². The van der Waals surface area contributed by atoms with E-state index in [0.29, 0.717) is 6.04 Å². The zero-order chi connectivity index (χ0) is 22.2. The van der Waals surface area contributed by atoms with Crippen LogP contribution in [0.5, 0.6) is 0 Å². The lowest BCUT2D eigenvalue weighted by molar-refractivity contribution is 0.0208. The van der Waals surface area contributed by atoms with E-state index in [0.717, 1.165) is 45.0 Å². The number of benzene rings is 1. The summed E-state index contributed by atoms with van der Waals surface area (Å²) in [6.07, 6.45) is 8.87. The summed E-state index contributed by atoms with van der Waals surface area (Å²) in [5, 5.41) is 7.32. The number of piperidine rings is 3. The van der Waals surface area contributed by atoms with Crippen LogP contribution < -0.4 is 15.5 Å². The summed E-state index contributed by atoms with van der Waals surface area (Å²) in [5.41, 5.74) is 1.59. The predicted octanol–water partition coefficient (Wildman–Crippen LogP) is 3.78. The molecule has 33 heavy (non-hydrogen) atoms. The highest BCUT2D eigenvalue weighted by Crippen LogP contribution is 2.31. The lowest BCUT2D eigenvalue weighted by atomic mass is 9.84. The fraction of sp³-hybridized carbons (Fsp3) is 0.731. The molecule has 0 bridgehead atoms. The van der Waals surface area contributed by atoms with Crippen LogP contribution in [0.3, 0.4) is 0 Å². The van der Waals surface area contributed by atoms with E-state index in [4.69, 9.17) is 4.99 Å². The molecule has 0 aliphatic carbocycles. The van der Waals surface area contributed by atoms with Crippen LogP contribution in [0.4, 0.5) is 5.69 Å². The van der Waals surface area contributed by atoms with Crippen molar-refractivity contribution in [3.8, 4) is 0 Å². The molecule has 3 fully saturated rings. The molecule has 0 unspecified atom stereocenters. The number of rotatable bonds is 6. The molecule has 0 aromatic heterocycles. The van der Waals surface area contributed by atoms with Crippen LogP contribution in [-0.2, 0) is 0 Å². The van der Waals surface area contributed by atoms with Crippen molar-refractivity contribution >= 4 is 35.6 Å². The summed E-state index contributed by atoms with van der Waals surface area (Å²) in [6.45, 7) is 11.1. The fourth-order valence-electron chi connectivity index (χ4n) is 5.64. The van der Waals surface area contributed by atoms with E-state index in [-0.39, 0.29) is 29.5 Å². The van der Waals surface area contributed by atoms with Gasteiger partial charge in [0.05, 0.1) is 6.54 Å². The second-order valence-corrected chi connectivity index (χ2v) is 10.0. The molecule has 3 heterocycles. The Balaban J connectivity index is 0.00000306. The molecular weight excluding hydrogens is 523 g/mol. The first kappa shape index (κ1) is 26.5. The zero-order valence-electron chi connectivity index (χ0n) is 20.8. The monoisotopic (exact) mass is 568 g/mol. The van der Waals surface area contributed by atoms with Crippen molar-refractivity contribution in [2.24, 2.45) is 4.99 Å². The summed E-state index contributed by atoms with van der Waals surface area (Å²) in [7, 11) is 2.26. The van der Waals surface area contributed by atoms with Gasteiger partial charge in [-0.15, -0.1) is 24.0 Å². The molecule has 0 amide bonds. The van der Waals surface area contributed by atoms with E-state index in [9.17, 15) is 0 Å². The van der Waals surface area contributed by atoms with Gasteiger partial charge in [0.25, 0.3) is 0 Å². The molecule has 0 atom stereocenters. The molecule has 186 valence electrons. The van der Waals surface area contributed by atoms with E-state index in [1.165, 1.54) is 64.0 Å². The maximum Gasteiger partial charge on any atom is 0.191 e. The maximum atomic E-state index is 5.20. The number of aliphatic imine (C=N–C) groups is 1. The Bertz CT molecular complexity index is 705. The molecule has 1 aromatic carbocycles. The molecule has 0 spiro atoms. The first-order valence-corrected chi connectivity index (χ1v) is 13.0. The Kier molecular flexibility index (Phi) is 10.6. The van der Waals surface area contributed by atoms with Crippen molar-refractivity contribution < 1.29 is 0 Å². The van der Waals surface area contributed by atoms with Crippen LogP contribution in [-0.4, -0.2) is 86.7 Å². The van der Waals surface area contributed by atoms with E-state index >= 15 is 0 Å². The van der Waals surface area contributed by atoms with Crippen LogP contribution in [0.2, 0.25) is 0 Å². The van der Waals surface area contributed by atoms with E-state index in [1.54, 1.807) is 0 Å². The Hall–Kier alpha value is -1.06. The fourth-order valence-corrected chi connectivity index (χ4v) is 5.64. The number of hydrogen-bond donors (Lipinski definition) is 2. The Morgan fingerprint density at radius 2 is 1.64 bits per heavy atom. The molecule has 1 aromatic rings. The van der Waals surface area contributed by atoms with Gasteiger partial charge in [0.1, 0.15) is 0 Å².